The third kappa shape index (κ3) is 5.32. The first kappa shape index (κ1) is 21.3. The van der Waals surface area contributed by atoms with Gasteiger partial charge in [0.05, 0.1) is 17.0 Å². The minimum atomic E-state index is -0.708. The smallest absolute Gasteiger partial charge is 0.293 e. The molecule has 0 atom stereocenters. The molecule has 7 nitrogen and oxygen atoms in total. The van der Waals surface area contributed by atoms with E-state index in [-0.39, 0.29) is 25.2 Å². The van der Waals surface area contributed by atoms with Gasteiger partial charge in [-0.05, 0) is 35.5 Å². The Labute approximate surface area is 176 Å². The zero-order valence-corrected chi connectivity index (χ0v) is 16.6. The fourth-order valence-electron chi connectivity index (χ4n) is 2.66. The molecule has 0 bridgehead atoms. The van der Waals surface area contributed by atoms with Gasteiger partial charge >= 0.3 is 0 Å². The first-order valence-corrected chi connectivity index (χ1v) is 9.87. The van der Waals surface area contributed by atoms with Gasteiger partial charge in [-0.2, -0.15) is 0 Å². The number of carbonyl (C=O) groups excluding carboxylic acids is 4. The zero-order chi connectivity index (χ0) is 21.5. The average Bonchev–Trinajstić information content (AvgIpc) is 3.00. The maximum absolute atomic E-state index is 13.5. The first-order valence-electron chi connectivity index (χ1n) is 9.05. The highest BCUT2D eigenvalue weighted by atomic mass is 32.2. The number of halogens is 1. The molecule has 154 valence electrons. The summed E-state index contributed by atoms with van der Waals surface area (Å²) < 4.78 is 13.5. The lowest BCUT2D eigenvalue weighted by atomic mass is 10.2. The lowest BCUT2D eigenvalue weighted by Gasteiger charge is -2.13. The number of imide groups is 1. The van der Waals surface area contributed by atoms with E-state index in [0.717, 1.165) is 28.3 Å². The van der Waals surface area contributed by atoms with Crippen LogP contribution in [0.3, 0.4) is 0 Å². The van der Waals surface area contributed by atoms with Crippen molar-refractivity contribution in [2.24, 2.45) is 0 Å². The SMILES string of the molecule is O=C(CNC(=O)c1ccccc1F)NCCN1C(=O)S/C(=C\c2ccccc2)C1=O. The number of hydrogen-bond acceptors (Lipinski definition) is 5. The van der Waals surface area contributed by atoms with Crippen molar-refractivity contribution in [2.45, 2.75) is 0 Å². The predicted molar refractivity (Wildman–Crippen MR) is 111 cm³/mol. The van der Waals surface area contributed by atoms with E-state index in [2.05, 4.69) is 10.6 Å². The fourth-order valence-corrected chi connectivity index (χ4v) is 3.53. The van der Waals surface area contributed by atoms with Gasteiger partial charge in [-0.1, -0.05) is 42.5 Å². The van der Waals surface area contributed by atoms with Gasteiger partial charge in [0.15, 0.2) is 0 Å². The van der Waals surface area contributed by atoms with Gasteiger partial charge in [-0.3, -0.25) is 24.1 Å². The number of nitrogens with zero attached hydrogens (tertiary/aromatic N) is 1. The van der Waals surface area contributed by atoms with Crippen LogP contribution in [-0.4, -0.2) is 47.5 Å². The quantitative estimate of drug-likeness (QED) is 0.662. The molecule has 0 aliphatic carbocycles. The molecule has 1 fully saturated rings. The summed E-state index contributed by atoms with van der Waals surface area (Å²) in [5.74, 6) is -2.33. The summed E-state index contributed by atoms with van der Waals surface area (Å²) in [7, 11) is 0. The molecule has 0 spiro atoms. The van der Waals surface area contributed by atoms with Crippen LogP contribution in [0, 0.1) is 5.82 Å². The Bertz CT molecular complexity index is 1010. The second-order valence-electron chi connectivity index (χ2n) is 6.26. The van der Waals surface area contributed by atoms with Crippen LogP contribution in [0.2, 0.25) is 0 Å². The van der Waals surface area contributed by atoms with Crippen molar-refractivity contribution in [1.82, 2.24) is 15.5 Å². The van der Waals surface area contributed by atoms with Gasteiger partial charge < -0.3 is 10.6 Å². The number of hydrogen-bond donors (Lipinski definition) is 2. The van der Waals surface area contributed by atoms with Gasteiger partial charge in [-0.15, -0.1) is 0 Å². The second-order valence-corrected chi connectivity index (χ2v) is 7.25. The summed E-state index contributed by atoms with van der Waals surface area (Å²) in [5.41, 5.74) is 0.648. The summed E-state index contributed by atoms with van der Waals surface area (Å²) in [4.78, 5) is 49.6. The number of thioether (sulfide) groups is 1. The number of benzene rings is 2. The van der Waals surface area contributed by atoms with Gasteiger partial charge in [0.25, 0.3) is 17.1 Å². The molecule has 2 N–H and O–H groups in total. The van der Waals surface area contributed by atoms with Gasteiger partial charge in [0.2, 0.25) is 5.91 Å². The van der Waals surface area contributed by atoms with E-state index in [0.29, 0.717) is 4.91 Å². The highest BCUT2D eigenvalue weighted by Gasteiger charge is 2.34. The van der Waals surface area contributed by atoms with Gasteiger partial charge in [0, 0.05) is 13.1 Å². The van der Waals surface area contributed by atoms with Crippen LogP contribution in [-0.2, 0) is 9.59 Å². The fraction of sp³-hybridized carbons (Fsp3) is 0.143. The summed E-state index contributed by atoms with van der Waals surface area (Å²) in [6.45, 7) is -0.322. The summed E-state index contributed by atoms with van der Waals surface area (Å²) in [6.07, 6.45) is 1.64. The summed E-state index contributed by atoms with van der Waals surface area (Å²) in [5, 5.41) is 4.42. The van der Waals surface area contributed by atoms with E-state index >= 15 is 0 Å². The van der Waals surface area contributed by atoms with Gasteiger partial charge in [-0.25, -0.2) is 4.39 Å². The predicted octanol–water partition coefficient (Wildman–Crippen LogP) is 2.41. The molecule has 30 heavy (non-hydrogen) atoms. The molecule has 2 aromatic carbocycles. The Kier molecular flexibility index (Phi) is 6.97. The van der Waals surface area contributed by atoms with E-state index in [9.17, 15) is 23.6 Å². The molecule has 1 saturated heterocycles. The van der Waals surface area contributed by atoms with Crippen molar-refractivity contribution in [3.63, 3.8) is 0 Å². The molecule has 1 heterocycles. The number of carbonyl (C=O) groups is 4. The average molecular weight is 427 g/mol. The highest BCUT2D eigenvalue weighted by molar-refractivity contribution is 8.18. The molecular weight excluding hydrogens is 409 g/mol. The first-order chi connectivity index (χ1) is 14.5. The Morgan fingerprint density at radius 1 is 1.00 bits per heavy atom. The molecule has 0 radical (unpaired) electrons. The summed E-state index contributed by atoms with van der Waals surface area (Å²) in [6, 6.07) is 14.6. The molecule has 0 aromatic heterocycles. The molecule has 3 rings (SSSR count). The maximum Gasteiger partial charge on any atom is 0.293 e. The largest absolute Gasteiger partial charge is 0.353 e. The van der Waals surface area contributed by atoms with E-state index < -0.39 is 28.8 Å². The van der Waals surface area contributed by atoms with Crippen LogP contribution in [0.15, 0.2) is 59.5 Å². The van der Waals surface area contributed by atoms with E-state index in [1.165, 1.54) is 18.2 Å². The number of amides is 4. The zero-order valence-electron chi connectivity index (χ0n) is 15.8. The normalized spacial score (nSPS) is 14.8. The molecule has 1 aliphatic rings. The Morgan fingerprint density at radius 3 is 2.43 bits per heavy atom. The Balaban J connectivity index is 1.45. The van der Waals surface area contributed by atoms with Crippen LogP contribution >= 0.6 is 11.8 Å². The van der Waals surface area contributed by atoms with E-state index in [1.807, 2.05) is 30.3 Å². The lowest BCUT2D eigenvalue weighted by molar-refractivity contribution is -0.124. The third-order valence-corrected chi connectivity index (χ3v) is 5.06. The standard InChI is InChI=1S/C21H18FN3O4S/c22-16-9-5-4-8-15(16)19(27)24-13-18(26)23-10-11-25-20(28)17(30-21(25)29)12-14-6-2-1-3-7-14/h1-9,12H,10-11,13H2,(H,23,26)(H,24,27)/b17-12-. The Morgan fingerprint density at radius 2 is 1.70 bits per heavy atom. The molecule has 0 unspecified atom stereocenters. The van der Waals surface area contributed by atoms with Crippen LogP contribution in [0.5, 0.6) is 0 Å². The Hall–Kier alpha value is -3.46. The molecule has 0 saturated carbocycles. The minimum absolute atomic E-state index is 0.00377. The van der Waals surface area contributed by atoms with Crippen molar-refractivity contribution in [2.75, 3.05) is 19.6 Å². The minimum Gasteiger partial charge on any atom is -0.353 e. The van der Waals surface area contributed by atoms with Crippen molar-refractivity contribution >= 4 is 40.8 Å². The van der Waals surface area contributed by atoms with Crippen molar-refractivity contribution < 1.29 is 23.6 Å². The van der Waals surface area contributed by atoms with Crippen molar-refractivity contribution in [1.29, 1.82) is 0 Å². The van der Waals surface area contributed by atoms with Crippen LogP contribution in [0.1, 0.15) is 15.9 Å². The second kappa shape index (κ2) is 9.84. The van der Waals surface area contributed by atoms with Crippen LogP contribution < -0.4 is 10.6 Å². The third-order valence-electron chi connectivity index (χ3n) is 4.16. The van der Waals surface area contributed by atoms with Gasteiger partial charge in [0.1, 0.15) is 5.82 Å². The van der Waals surface area contributed by atoms with Crippen LogP contribution in [0.25, 0.3) is 6.08 Å². The molecule has 4 amide bonds. The van der Waals surface area contributed by atoms with E-state index in [4.69, 9.17) is 0 Å². The summed E-state index contributed by atoms with van der Waals surface area (Å²) >= 11 is 0.842. The number of nitrogens with one attached hydrogen (secondary N) is 2. The molecule has 1 aliphatic heterocycles. The van der Waals surface area contributed by atoms with Crippen LogP contribution in [0.4, 0.5) is 9.18 Å². The molecule has 9 heteroatoms. The lowest BCUT2D eigenvalue weighted by Crippen LogP contribution is -2.41. The maximum atomic E-state index is 13.5. The van der Waals surface area contributed by atoms with E-state index in [1.54, 1.807) is 6.08 Å². The number of rotatable bonds is 7. The van der Waals surface area contributed by atoms with Crippen molar-refractivity contribution in [3.8, 4) is 0 Å². The molecule has 2 aromatic rings. The molecular formula is C21H18FN3O4S. The highest BCUT2D eigenvalue weighted by Crippen LogP contribution is 2.31. The monoisotopic (exact) mass is 427 g/mol. The van der Waals surface area contributed by atoms with Crippen molar-refractivity contribution in [3.05, 3.63) is 76.4 Å². The topological polar surface area (TPSA) is 95.6 Å².